The van der Waals surface area contributed by atoms with Crippen LogP contribution in [0.25, 0.3) is 0 Å². The minimum atomic E-state index is -1.64. The van der Waals surface area contributed by atoms with Gasteiger partial charge in [0.1, 0.15) is 145 Å². The fourth-order valence-electron chi connectivity index (χ4n) is 11.0. The van der Waals surface area contributed by atoms with Crippen molar-refractivity contribution in [1.82, 2.24) is 60.0 Å². The summed E-state index contributed by atoms with van der Waals surface area (Å²) in [5, 5.41) is 194. The average molecular weight is 1430 g/mol. The van der Waals surface area contributed by atoms with Crippen LogP contribution in [0.4, 0.5) is 0 Å². The van der Waals surface area contributed by atoms with Gasteiger partial charge in [-0.1, -0.05) is 20.9 Å². The highest BCUT2D eigenvalue weighted by Gasteiger charge is 2.51. The van der Waals surface area contributed by atoms with Crippen LogP contribution in [0.3, 0.4) is 0 Å². The topological polar surface area (TPSA) is 594 Å². The van der Waals surface area contributed by atoms with Crippen molar-refractivity contribution < 1.29 is 157 Å². The van der Waals surface area contributed by atoms with E-state index in [4.69, 9.17) is 75.8 Å². The molecule has 0 amide bonds. The Hall–Kier alpha value is -4.72. The highest BCUT2D eigenvalue weighted by Crippen LogP contribution is 2.31. The first-order chi connectivity index (χ1) is 47.8. The summed E-state index contributed by atoms with van der Waals surface area (Å²) in [6.07, 6.45) is -28.4. The number of hydrogen-bond donors (Lipinski definition) is 16. The molecule has 0 aliphatic carbocycles. The smallest absolute Gasteiger partial charge is 0.187 e. The van der Waals surface area contributed by atoms with Crippen molar-refractivity contribution in [3.05, 3.63) is 47.6 Å². The van der Waals surface area contributed by atoms with E-state index >= 15 is 0 Å². The molecule has 0 bridgehead atoms. The Morgan fingerprint density at radius 3 is 1.00 bits per heavy atom. The second-order valence-electron chi connectivity index (χ2n) is 23.5. The van der Waals surface area contributed by atoms with Gasteiger partial charge in [0.25, 0.3) is 0 Å². The van der Waals surface area contributed by atoms with Gasteiger partial charge in [-0.05, 0) is 0 Å². The summed E-state index contributed by atoms with van der Waals surface area (Å²) in [4.78, 5) is 0. The summed E-state index contributed by atoms with van der Waals surface area (Å²) in [6, 6.07) is 0. The van der Waals surface area contributed by atoms with Gasteiger partial charge in [0.05, 0.1) is 163 Å². The summed E-state index contributed by atoms with van der Waals surface area (Å²) < 4.78 is 100. The van der Waals surface area contributed by atoms with E-state index in [1.54, 1.807) is 24.8 Å². The quantitative estimate of drug-likeness (QED) is 0.0184. The van der Waals surface area contributed by atoms with E-state index in [2.05, 4.69) is 41.2 Å². The molecule has 25 atom stereocenters. The molecule has 5 aliphatic heterocycles. The van der Waals surface area contributed by atoms with E-state index in [1.807, 2.05) is 0 Å². The maximum absolute atomic E-state index is 10.4. The zero-order valence-electron chi connectivity index (χ0n) is 53.6. The normalized spacial score (nSPS) is 35.3. The Morgan fingerprint density at radius 1 is 0.313 bits per heavy atom. The Labute approximate surface area is 562 Å². The van der Waals surface area contributed by atoms with Crippen LogP contribution in [-0.4, -0.2) is 388 Å². The van der Waals surface area contributed by atoms with Gasteiger partial charge in [0.2, 0.25) is 0 Å². The highest BCUT2D eigenvalue weighted by molar-refractivity contribution is 4.99. The Morgan fingerprint density at radius 2 is 0.636 bits per heavy atom. The largest absolute Gasteiger partial charge is 0.394 e. The van der Waals surface area contributed by atoms with Crippen LogP contribution in [-0.2, 0) is 128 Å². The number of aliphatic hydroxyl groups excluding tert-OH is 16. The minimum Gasteiger partial charge on any atom is -0.394 e. The van der Waals surface area contributed by atoms with Crippen LogP contribution < -0.4 is 0 Å². The Bertz CT molecular complexity index is 2920. The number of hydrogen-bond acceptors (Lipinski definition) is 40. The molecule has 16 N–H and O–H groups in total. The first kappa shape index (κ1) is 78.4. The maximum Gasteiger partial charge on any atom is 0.187 e. The zero-order valence-corrected chi connectivity index (χ0v) is 53.6. The summed E-state index contributed by atoms with van der Waals surface area (Å²) in [6.45, 7) is -2.96. The first-order valence-corrected chi connectivity index (χ1v) is 31.8. The molecule has 562 valence electrons. The summed E-state index contributed by atoms with van der Waals surface area (Å²) in [7, 11) is 1.39. The summed E-state index contributed by atoms with van der Waals surface area (Å²) >= 11 is 0. The van der Waals surface area contributed by atoms with Gasteiger partial charge in [-0.2, -0.15) is 0 Å². The molecule has 9 rings (SSSR count). The lowest BCUT2D eigenvalue weighted by atomic mass is 9.98. The third-order valence-corrected chi connectivity index (χ3v) is 16.5. The molecular formula is C55H90N12O32. The predicted octanol–water partition coefficient (Wildman–Crippen LogP) is -12.0. The van der Waals surface area contributed by atoms with Crippen molar-refractivity contribution in [3.63, 3.8) is 0 Å². The molecule has 99 heavy (non-hydrogen) atoms. The summed E-state index contributed by atoms with van der Waals surface area (Å²) in [5.74, 6) is 0. The second kappa shape index (κ2) is 38.7. The fourth-order valence-corrected chi connectivity index (χ4v) is 11.0. The molecule has 0 radical (unpaired) electrons. The van der Waals surface area contributed by atoms with Crippen molar-refractivity contribution >= 4 is 0 Å². The molecule has 0 saturated carbocycles. The zero-order chi connectivity index (χ0) is 70.7. The predicted molar refractivity (Wildman–Crippen MR) is 312 cm³/mol. The van der Waals surface area contributed by atoms with Gasteiger partial charge in [-0.3, -0.25) is 0 Å². The Kier molecular flexibility index (Phi) is 30.6. The van der Waals surface area contributed by atoms with E-state index in [0.717, 1.165) is 0 Å². The molecule has 0 aromatic carbocycles. The van der Waals surface area contributed by atoms with Crippen LogP contribution in [0, 0.1) is 0 Å². The third-order valence-electron chi connectivity index (χ3n) is 16.5. The van der Waals surface area contributed by atoms with Gasteiger partial charge in [-0.25, -0.2) is 18.7 Å². The molecule has 44 nitrogen and oxygen atoms in total. The van der Waals surface area contributed by atoms with Crippen molar-refractivity contribution in [2.75, 3.05) is 93.0 Å². The van der Waals surface area contributed by atoms with Gasteiger partial charge in [0.15, 0.2) is 31.5 Å². The number of nitrogens with zero attached hydrogens (tertiary/aromatic N) is 12. The van der Waals surface area contributed by atoms with E-state index in [-0.39, 0.29) is 112 Å². The lowest BCUT2D eigenvalue weighted by Crippen LogP contribution is -2.62. The number of aliphatic hydroxyl groups is 16. The first-order valence-electron chi connectivity index (χ1n) is 31.8. The lowest BCUT2D eigenvalue weighted by Gasteiger charge is -2.45. The second-order valence-corrected chi connectivity index (χ2v) is 23.5. The summed E-state index contributed by atoms with van der Waals surface area (Å²) in [5.41, 5.74) is 1.34. The number of methoxy groups -OCH3 is 1. The molecule has 5 saturated heterocycles. The van der Waals surface area contributed by atoms with Crippen LogP contribution >= 0.6 is 0 Å². The van der Waals surface area contributed by atoms with E-state index < -0.39 is 180 Å². The molecule has 5 fully saturated rings. The van der Waals surface area contributed by atoms with Gasteiger partial charge in [-0.15, -0.1) is 20.4 Å². The van der Waals surface area contributed by atoms with Crippen molar-refractivity contribution in [1.29, 1.82) is 0 Å². The van der Waals surface area contributed by atoms with Crippen LogP contribution in [0.15, 0.2) is 24.8 Å². The van der Waals surface area contributed by atoms with Crippen LogP contribution in [0.1, 0.15) is 22.8 Å². The highest BCUT2D eigenvalue weighted by atomic mass is 16.7. The van der Waals surface area contributed by atoms with E-state index in [9.17, 15) is 81.7 Å². The van der Waals surface area contributed by atoms with Crippen molar-refractivity contribution in [3.8, 4) is 0 Å². The monoisotopic (exact) mass is 1430 g/mol. The molecule has 44 heteroatoms. The number of rotatable bonds is 40. The van der Waals surface area contributed by atoms with Crippen LogP contribution in [0.5, 0.6) is 0 Å². The molecule has 0 unspecified atom stereocenters. The lowest BCUT2D eigenvalue weighted by molar-refractivity contribution is -0.321. The molecule has 4 aromatic rings. The Balaban J connectivity index is 0.839. The van der Waals surface area contributed by atoms with Gasteiger partial charge >= 0.3 is 0 Å². The molecule has 5 aliphatic rings. The standard InChI is InChI=1S/C55H90N12O32/c1-84-55-50(92-23-28-15-67(63-57-28)5-9-91-52-45(81)41(77)37(73)32(19-69)96-52)49(89-13-11-86-7-3-65-17-30(59-62-65)25-94-54-47(83)43(79)39(75)34(21-71)98-54)48(88-12-10-85-6-2-64-16-29(58-61-64)24-93-53-46(82)42(78)38(74)33(20-70)97-53)35(99-55)26-87-22-27-14-66(60-56-27)4-8-90-51-44(80)40(76)36(72)31(18-68)95-51/h14-17,31-55,68-83H,2-13,18-26H2,1H3/t31-,32-,33-,34-,35-,36-,37-,38-,39-,40+,41+,42+,43+,44+,45+,46-,47-,48+,49+,50-,51+,52+,53-,54-,55+/m1/s1. The van der Waals surface area contributed by atoms with Gasteiger partial charge < -0.3 is 157 Å². The molecular weight excluding hydrogens is 1340 g/mol. The van der Waals surface area contributed by atoms with Crippen LogP contribution in [0.2, 0.25) is 0 Å². The van der Waals surface area contributed by atoms with Gasteiger partial charge in [0, 0.05) is 7.11 Å². The minimum absolute atomic E-state index is 0.00706. The SMILES string of the molecule is CO[C@H]1O[C@H](COCc2cn(CCO[C@H]3O[C@H](CO)[C@@H](O)[C@H](O)[C@@H]3O)nn2)[C@H](OCCOCCn2cc(CO[C@@H]3O[C@H](CO)[C@@H](O)[C@H](O)[C@H]3O)nn2)[C@H](OCCOCCn2cc(CO[C@@H]3O[C@H](CO)[C@@H](O)[C@H](O)[C@H]3O)nn2)[C@H]1OCc1cn(CCO[C@H]2O[C@H](CO)[C@@H](O)[C@H](O)[C@@H]2O)nn1. The van der Waals surface area contributed by atoms with Crippen molar-refractivity contribution in [2.24, 2.45) is 0 Å². The maximum atomic E-state index is 10.4. The van der Waals surface area contributed by atoms with E-state index in [0.29, 0.717) is 22.8 Å². The average Bonchev–Trinajstić information content (AvgIpc) is 1.61. The third kappa shape index (κ3) is 21.0. The molecule has 0 spiro atoms. The molecule has 9 heterocycles. The molecule has 4 aromatic heterocycles. The fraction of sp³-hybridized carbons (Fsp3) is 0.855. The number of ether oxygens (including phenoxy) is 16. The number of aromatic nitrogens is 12. The van der Waals surface area contributed by atoms with E-state index in [1.165, 1.54) is 25.8 Å². The van der Waals surface area contributed by atoms with Crippen molar-refractivity contribution in [2.45, 2.75) is 206 Å².